The number of nitro groups is 1. The molecule has 0 saturated heterocycles. The highest BCUT2D eigenvalue weighted by Crippen LogP contribution is 2.14. The van der Waals surface area contributed by atoms with Crippen LogP contribution in [0.3, 0.4) is 0 Å². The van der Waals surface area contributed by atoms with E-state index in [1.807, 2.05) is 0 Å². The maximum Gasteiger partial charge on any atom is 0.286 e. The Labute approximate surface area is 112 Å². The van der Waals surface area contributed by atoms with Crippen LogP contribution in [0.15, 0.2) is 21.5 Å². The number of unbranched alkanes of at least 4 members (excludes halogenated alkanes) is 1. The first kappa shape index (κ1) is 14.6. The Balaban J connectivity index is 2.78. The largest absolute Gasteiger partial charge is 0.308 e. The first-order chi connectivity index (χ1) is 8.41. The molecule has 0 aliphatic heterocycles. The predicted octanol–water partition coefficient (Wildman–Crippen LogP) is 2.28. The van der Waals surface area contributed by atoms with E-state index < -0.39 is 4.92 Å². The molecule has 0 saturated carbocycles. The van der Waals surface area contributed by atoms with Gasteiger partial charge < -0.3 is 9.36 Å². The van der Waals surface area contributed by atoms with Gasteiger partial charge in [0.25, 0.3) is 11.2 Å². The van der Waals surface area contributed by atoms with Gasteiger partial charge >= 0.3 is 0 Å². The van der Waals surface area contributed by atoms with Crippen molar-refractivity contribution in [3.8, 4) is 0 Å². The number of hydrogen-bond donors (Lipinski definition) is 0. The van der Waals surface area contributed by atoms with Crippen LogP contribution in [-0.2, 0) is 11.3 Å². The van der Waals surface area contributed by atoms with Crippen molar-refractivity contribution in [3.63, 3.8) is 0 Å². The summed E-state index contributed by atoms with van der Waals surface area (Å²) in [7, 11) is 0. The monoisotopic (exact) mass is 316 g/mol. The fourth-order valence-electron chi connectivity index (χ4n) is 1.51. The summed E-state index contributed by atoms with van der Waals surface area (Å²) in [5.74, 6) is 0.0996. The molecular formula is C11H13BrN2O4. The van der Waals surface area contributed by atoms with Gasteiger partial charge in [-0.05, 0) is 35.7 Å². The fraction of sp³-hybridized carbons (Fsp3) is 0.455. The van der Waals surface area contributed by atoms with E-state index in [2.05, 4.69) is 15.9 Å². The Bertz CT molecular complexity index is 524. The maximum atomic E-state index is 11.7. The average molecular weight is 317 g/mol. The van der Waals surface area contributed by atoms with Crippen LogP contribution >= 0.6 is 15.9 Å². The molecule has 7 heteroatoms. The number of pyridine rings is 1. The zero-order chi connectivity index (χ0) is 13.7. The van der Waals surface area contributed by atoms with Crippen molar-refractivity contribution in [2.45, 2.75) is 32.7 Å². The lowest BCUT2D eigenvalue weighted by Gasteiger charge is -2.05. The standard InChI is InChI=1S/C11H13BrN2O4/c1-8(15)4-2-3-5-13-7-9(14(17)18)6-10(12)11(13)16/h6-7H,2-5H2,1H3. The molecule has 0 fully saturated rings. The van der Waals surface area contributed by atoms with Crippen molar-refractivity contribution in [1.82, 2.24) is 4.57 Å². The van der Waals surface area contributed by atoms with Crippen LogP contribution in [0.2, 0.25) is 0 Å². The minimum Gasteiger partial charge on any atom is -0.308 e. The Morgan fingerprint density at radius 2 is 2.17 bits per heavy atom. The molecule has 0 amide bonds. The van der Waals surface area contributed by atoms with E-state index in [9.17, 15) is 19.7 Å². The number of aromatic nitrogens is 1. The lowest BCUT2D eigenvalue weighted by Crippen LogP contribution is -2.20. The summed E-state index contributed by atoms with van der Waals surface area (Å²) in [4.78, 5) is 32.6. The van der Waals surface area contributed by atoms with Gasteiger partial charge in [0, 0.05) is 19.0 Å². The zero-order valence-corrected chi connectivity index (χ0v) is 11.5. The molecule has 0 aromatic carbocycles. The highest BCUT2D eigenvalue weighted by molar-refractivity contribution is 9.10. The summed E-state index contributed by atoms with van der Waals surface area (Å²) in [5, 5.41) is 10.7. The Morgan fingerprint density at radius 1 is 1.50 bits per heavy atom. The Morgan fingerprint density at radius 3 is 2.72 bits per heavy atom. The number of carbonyl (C=O) groups is 1. The number of Topliss-reactive ketones (excluding diaryl/α,β-unsaturated/α-hetero) is 1. The molecule has 1 heterocycles. The normalized spacial score (nSPS) is 10.3. The van der Waals surface area contributed by atoms with Crippen LogP contribution in [0.4, 0.5) is 5.69 Å². The predicted molar refractivity (Wildman–Crippen MR) is 69.6 cm³/mol. The molecule has 6 nitrogen and oxygen atoms in total. The summed E-state index contributed by atoms with van der Waals surface area (Å²) in [6.07, 6.45) is 2.99. The minimum atomic E-state index is -0.545. The zero-order valence-electron chi connectivity index (χ0n) is 9.89. The van der Waals surface area contributed by atoms with Crippen molar-refractivity contribution in [3.05, 3.63) is 37.2 Å². The summed E-state index contributed by atoms with van der Waals surface area (Å²) in [5.41, 5.74) is -0.434. The second-order valence-corrected chi connectivity index (χ2v) is 4.82. The number of aryl methyl sites for hydroxylation is 1. The van der Waals surface area contributed by atoms with Gasteiger partial charge in [0.05, 0.1) is 15.6 Å². The molecule has 18 heavy (non-hydrogen) atoms. The molecule has 0 bridgehead atoms. The Hall–Kier alpha value is -1.50. The van der Waals surface area contributed by atoms with E-state index >= 15 is 0 Å². The van der Waals surface area contributed by atoms with Crippen LogP contribution in [0.25, 0.3) is 0 Å². The van der Waals surface area contributed by atoms with Crippen molar-refractivity contribution in [2.24, 2.45) is 0 Å². The molecule has 0 radical (unpaired) electrons. The van der Waals surface area contributed by atoms with Gasteiger partial charge in [-0.3, -0.25) is 14.9 Å². The summed E-state index contributed by atoms with van der Waals surface area (Å²) in [6.45, 7) is 1.88. The number of rotatable bonds is 6. The van der Waals surface area contributed by atoms with Crippen LogP contribution in [0.5, 0.6) is 0 Å². The van der Waals surface area contributed by atoms with Gasteiger partial charge in [-0.15, -0.1) is 0 Å². The van der Waals surface area contributed by atoms with Crippen LogP contribution in [0, 0.1) is 10.1 Å². The quantitative estimate of drug-likeness (QED) is 0.458. The van der Waals surface area contributed by atoms with E-state index in [4.69, 9.17) is 0 Å². The first-order valence-electron chi connectivity index (χ1n) is 5.45. The topological polar surface area (TPSA) is 82.2 Å². The molecule has 0 atom stereocenters. The van der Waals surface area contributed by atoms with Crippen molar-refractivity contribution >= 4 is 27.4 Å². The molecule has 0 N–H and O–H groups in total. The number of halogens is 1. The molecule has 1 rings (SSSR count). The van der Waals surface area contributed by atoms with Gasteiger partial charge in [0.1, 0.15) is 5.78 Å². The first-order valence-corrected chi connectivity index (χ1v) is 6.25. The third-order valence-corrected chi connectivity index (χ3v) is 2.98. The number of ketones is 1. The SMILES string of the molecule is CC(=O)CCCCn1cc([N+](=O)[O-])cc(Br)c1=O. The molecule has 1 aromatic rings. The lowest BCUT2D eigenvalue weighted by atomic mass is 10.2. The third-order valence-electron chi connectivity index (χ3n) is 2.42. The second-order valence-electron chi connectivity index (χ2n) is 3.96. The van der Waals surface area contributed by atoms with Gasteiger partial charge in [-0.25, -0.2) is 0 Å². The van der Waals surface area contributed by atoms with Crippen LogP contribution < -0.4 is 5.56 Å². The van der Waals surface area contributed by atoms with Crippen molar-refractivity contribution < 1.29 is 9.72 Å². The molecule has 0 spiro atoms. The van der Waals surface area contributed by atoms with Gasteiger partial charge in [-0.2, -0.15) is 0 Å². The van der Waals surface area contributed by atoms with Crippen molar-refractivity contribution in [2.75, 3.05) is 0 Å². The summed E-state index contributed by atoms with van der Waals surface area (Å²) >= 11 is 3.01. The fourth-order valence-corrected chi connectivity index (χ4v) is 1.97. The van der Waals surface area contributed by atoms with Crippen LogP contribution in [-0.4, -0.2) is 15.3 Å². The highest BCUT2D eigenvalue weighted by Gasteiger charge is 2.11. The molecular weight excluding hydrogens is 304 g/mol. The molecule has 0 aliphatic rings. The van der Waals surface area contributed by atoms with E-state index in [-0.39, 0.29) is 21.5 Å². The number of hydrogen-bond acceptors (Lipinski definition) is 4. The second kappa shape index (κ2) is 6.44. The smallest absolute Gasteiger partial charge is 0.286 e. The molecule has 0 aliphatic carbocycles. The molecule has 0 unspecified atom stereocenters. The maximum absolute atomic E-state index is 11.7. The number of carbonyl (C=O) groups excluding carboxylic acids is 1. The van der Waals surface area contributed by atoms with E-state index in [1.54, 1.807) is 0 Å². The van der Waals surface area contributed by atoms with E-state index in [0.29, 0.717) is 25.8 Å². The number of nitrogens with zero attached hydrogens (tertiary/aromatic N) is 2. The van der Waals surface area contributed by atoms with Gasteiger partial charge in [0.2, 0.25) is 0 Å². The molecule has 1 aromatic heterocycles. The summed E-state index contributed by atoms with van der Waals surface area (Å²) in [6, 6.07) is 1.19. The van der Waals surface area contributed by atoms with Gasteiger partial charge in [0.15, 0.2) is 0 Å². The van der Waals surface area contributed by atoms with Crippen LogP contribution in [0.1, 0.15) is 26.2 Å². The average Bonchev–Trinajstić information content (AvgIpc) is 2.28. The van der Waals surface area contributed by atoms with Gasteiger partial charge in [-0.1, -0.05) is 0 Å². The third kappa shape index (κ3) is 4.06. The van der Waals surface area contributed by atoms with Crippen molar-refractivity contribution in [1.29, 1.82) is 0 Å². The Kier molecular flexibility index (Phi) is 5.21. The lowest BCUT2D eigenvalue weighted by molar-refractivity contribution is -0.385. The van der Waals surface area contributed by atoms with E-state index in [1.165, 1.54) is 23.8 Å². The highest BCUT2D eigenvalue weighted by atomic mass is 79.9. The van der Waals surface area contributed by atoms with E-state index in [0.717, 1.165) is 0 Å². The minimum absolute atomic E-state index is 0.0996. The molecule has 98 valence electrons. The summed E-state index contributed by atoms with van der Waals surface area (Å²) < 4.78 is 1.46.